The van der Waals surface area contributed by atoms with Gasteiger partial charge in [-0.05, 0) is 77.0 Å². The SMILES string of the molecule is CCCCCCCCCCC/C=C\CCCCC(=O)[O-].CCCCCCCCCCC/C=C\CCCCC(=O)[O-].[Mg+2]. The summed E-state index contributed by atoms with van der Waals surface area (Å²) in [5, 5.41) is 20.4. The Morgan fingerprint density at radius 1 is 0.390 bits per heavy atom. The predicted octanol–water partition coefficient (Wildman–Crippen LogP) is 9.17. The third kappa shape index (κ3) is 49.2. The van der Waals surface area contributed by atoms with Crippen molar-refractivity contribution < 1.29 is 19.8 Å². The summed E-state index contributed by atoms with van der Waals surface area (Å²) in [6.07, 6.45) is 41.8. The average Bonchev–Trinajstić information content (AvgIpc) is 2.93. The van der Waals surface area contributed by atoms with Crippen LogP contribution in [0.5, 0.6) is 0 Å². The number of allylic oxidation sites excluding steroid dienone is 4. The number of carboxylic acid groups (broad SMARTS) is 2. The predicted molar refractivity (Wildman–Crippen MR) is 175 cm³/mol. The van der Waals surface area contributed by atoms with Gasteiger partial charge >= 0.3 is 23.1 Å². The number of carbonyl (C=O) groups excluding carboxylic acids is 2. The third-order valence-corrected chi connectivity index (χ3v) is 7.29. The molecule has 0 aromatic rings. The van der Waals surface area contributed by atoms with E-state index in [9.17, 15) is 19.8 Å². The molecule has 0 unspecified atom stereocenters. The molecule has 0 saturated carbocycles. The van der Waals surface area contributed by atoms with Gasteiger partial charge in [-0.3, -0.25) is 0 Å². The fourth-order valence-electron chi connectivity index (χ4n) is 4.68. The van der Waals surface area contributed by atoms with E-state index in [1.54, 1.807) is 0 Å². The normalized spacial score (nSPS) is 11.0. The molecule has 41 heavy (non-hydrogen) atoms. The van der Waals surface area contributed by atoms with Crippen LogP contribution in [0.4, 0.5) is 0 Å². The Morgan fingerprint density at radius 2 is 0.610 bits per heavy atom. The minimum atomic E-state index is -0.927. The van der Waals surface area contributed by atoms with Gasteiger partial charge in [0.25, 0.3) is 0 Å². The van der Waals surface area contributed by atoms with Gasteiger partial charge in [0.05, 0.1) is 0 Å². The van der Waals surface area contributed by atoms with Crippen molar-refractivity contribution in [2.45, 2.75) is 194 Å². The first kappa shape index (κ1) is 44.6. The second-order valence-electron chi connectivity index (χ2n) is 11.4. The number of unbranched alkanes of at least 4 members (excludes halogenated alkanes) is 22. The van der Waals surface area contributed by atoms with Gasteiger partial charge in [0, 0.05) is 11.9 Å². The number of aliphatic carboxylic acids is 2. The molecule has 236 valence electrons. The van der Waals surface area contributed by atoms with Crippen molar-refractivity contribution in [3.05, 3.63) is 24.3 Å². The number of carbonyl (C=O) groups is 2. The molecule has 0 aromatic carbocycles. The molecular weight excluding hydrogens is 521 g/mol. The van der Waals surface area contributed by atoms with Crippen molar-refractivity contribution in [1.29, 1.82) is 0 Å². The van der Waals surface area contributed by atoms with Gasteiger partial charge in [0.15, 0.2) is 0 Å². The summed E-state index contributed by atoms with van der Waals surface area (Å²) in [6.45, 7) is 4.52. The van der Waals surface area contributed by atoms with Crippen LogP contribution in [0.2, 0.25) is 0 Å². The molecule has 0 aliphatic heterocycles. The Balaban J connectivity index is -0.000000688. The minimum Gasteiger partial charge on any atom is -0.550 e. The quantitative estimate of drug-likeness (QED) is 0.0477. The Morgan fingerprint density at radius 3 is 0.854 bits per heavy atom. The zero-order chi connectivity index (χ0) is 29.8. The maximum atomic E-state index is 10.2. The summed E-state index contributed by atoms with van der Waals surface area (Å²) in [7, 11) is 0. The van der Waals surface area contributed by atoms with Crippen LogP contribution >= 0.6 is 0 Å². The van der Waals surface area contributed by atoms with Crippen LogP contribution in [0.25, 0.3) is 0 Å². The van der Waals surface area contributed by atoms with Crippen molar-refractivity contribution in [3.8, 4) is 0 Å². The van der Waals surface area contributed by atoms with E-state index in [0.29, 0.717) is 0 Å². The van der Waals surface area contributed by atoms with Crippen molar-refractivity contribution in [2.75, 3.05) is 0 Å². The molecule has 0 heterocycles. The molecule has 0 saturated heterocycles. The smallest absolute Gasteiger partial charge is 0.550 e. The van der Waals surface area contributed by atoms with E-state index in [0.717, 1.165) is 38.5 Å². The van der Waals surface area contributed by atoms with E-state index in [1.807, 2.05) is 0 Å². The fraction of sp³-hybridized carbons (Fsp3) is 0.833. The number of hydrogen-bond donors (Lipinski definition) is 0. The summed E-state index contributed by atoms with van der Waals surface area (Å²) in [5.74, 6) is -1.85. The summed E-state index contributed by atoms with van der Waals surface area (Å²) in [4.78, 5) is 20.4. The van der Waals surface area contributed by atoms with Crippen LogP contribution < -0.4 is 10.2 Å². The van der Waals surface area contributed by atoms with Crippen LogP contribution in [0.15, 0.2) is 24.3 Å². The Labute approximate surface area is 271 Å². The van der Waals surface area contributed by atoms with E-state index in [-0.39, 0.29) is 35.9 Å². The van der Waals surface area contributed by atoms with Crippen LogP contribution in [-0.2, 0) is 9.59 Å². The maximum Gasteiger partial charge on any atom is 2.00 e. The Kier molecular flexibility index (Phi) is 45.0. The average molecular weight is 587 g/mol. The molecule has 0 amide bonds. The molecule has 0 rings (SSSR count). The topological polar surface area (TPSA) is 80.3 Å². The molecule has 0 radical (unpaired) electrons. The molecule has 5 heteroatoms. The molecule has 0 bridgehead atoms. The second kappa shape index (κ2) is 41.3. The largest absolute Gasteiger partial charge is 2.00 e. The van der Waals surface area contributed by atoms with Crippen molar-refractivity contribution in [1.82, 2.24) is 0 Å². The van der Waals surface area contributed by atoms with E-state index in [2.05, 4.69) is 38.2 Å². The standard InChI is InChI=1S/2C18H34O2.Mg/c2*1-2-3-4-5-6-7-8-9-10-11-12-13-14-15-16-17-18(19)20;/h2*12-13H,2-11,14-17H2,1H3,(H,19,20);/q;;+2/p-2/b2*13-12-;. The molecule has 0 fully saturated rings. The minimum absolute atomic E-state index is 0. The molecule has 0 spiro atoms. The summed E-state index contributed by atoms with van der Waals surface area (Å²) in [5.41, 5.74) is 0. The molecule has 0 atom stereocenters. The zero-order valence-electron chi connectivity index (χ0n) is 27.4. The first-order chi connectivity index (χ1) is 19.5. The second-order valence-corrected chi connectivity index (χ2v) is 11.4. The van der Waals surface area contributed by atoms with Gasteiger partial charge in [0.2, 0.25) is 0 Å². The monoisotopic (exact) mass is 586 g/mol. The van der Waals surface area contributed by atoms with Gasteiger partial charge in [-0.25, -0.2) is 0 Å². The van der Waals surface area contributed by atoms with Crippen molar-refractivity contribution in [2.24, 2.45) is 0 Å². The zero-order valence-corrected chi connectivity index (χ0v) is 28.9. The molecule has 0 aliphatic rings. The van der Waals surface area contributed by atoms with Crippen LogP contribution in [0, 0.1) is 0 Å². The maximum absolute atomic E-state index is 10.2. The molecule has 0 N–H and O–H groups in total. The molecular formula is C36H66MgO4. The Bertz CT molecular complexity index is 524. The van der Waals surface area contributed by atoms with E-state index < -0.39 is 11.9 Å². The number of rotatable bonds is 30. The van der Waals surface area contributed by atoms with E-state index in [1.165, 1.54) is 128 Å². The van der Waals surface area contributed by atoms with Gasteiger partial charge in [-0.2, -0.15) is 0 Å². The van der Waals surface area contributed by atoms with Crippen LogP contribution in [-0.4, -0.2) is 35.0 Å². The van der Waals surface area contributed by atoms with Crippen LogP contribution in [0.3, 0.4) is 0 Å². The summed E-state index contributed by atoms with van der Waals surface area (Å²) >= 11 is 0. The van der Waals surface area contributed by atoms with E-state index in [4.69, 9.17) is 0 Å². The van der Waals surface area contributed by atoms with Crippen LogP contribution in [0.1, 0.15) is 194 Å². The molecule has 0 aliphatic carbocycles. The summed E-state index contributed by atoms with van der Waals surface area (Å²) in [6, 6.07) is 0. The number of hydrogen-bond acceptors (Lipinski definition) is 4. The fourth-order valence-corrected chi connectivity index (χ4v) is 4.68. The van der Waals surface area contributed by atoms with Gasteiger partial charge in [-0.15, -0.1) is 0 Å². The first-order valence-electron chi connectivity index (χ1n) is 17.2. The molecule has 4 nitrogen and oxygen atoms in total. The van der Waals surface area contributed by atoms with Gasteiger partial charge < -0.3 is 19.8 Å². The van der Waals surface area contributed by atoms with Crippen molar-refractivity contribution in [3.63, 3.8) is 0 Å². The Hall–Kier alpha value is -0.814. The third-order valence-electron chi connectivity index (χ3n) is 7.29. The first-order valence-corrected chi connectivity index (χ1v) is 17.2. The van der Waals surface area contributed by atoms with Gasteiger partial charge in [-0.1, -0.05) is 141 Å². The van der Waals surface area contributed by atoms with Gasteiger partial charge in [0.1, 0.15) is 0 Å². The number of carboxylic acids is 2. The molecule has 0 aromatic heterocycles. The van der Waals surface area contributed by atoms with E-state index >= 15 is 0 Å². The summed E-state index contributed by atoms with van der Waals surface area (Å²) < 4.78 is 0. The van der Waals surface area contributed by atoms with Crippen molar-refractivity contribution >= 4 is 35.0 Å².